The fourth-order valence-electron chi connectivity index (χ4n) is 1.99. The first kappa shape index (κ1) is 16.0. The van der Waals surface area contributed by atoms with Crippen LogP contribution in [0, 0.1) is 5.92 Å². The fraction of sp³-hybridized carbons (Fsp3) is 0.625. The van der Waals surface area contributed by atoms with Crippen LogP contribution in [-0.4, -0.2) is 19.3 Å². The molecule has 3 heteroatoms. The number of rotatable bonds is 9. The number of nitrogens with two attached hydrogens (primary N) is 1. The second-order valence-electron chi connectivity index (χ2n) is 5.36. The second-order valence-corrected chi connectivity index (χ2v) is 5.36. The third-order valence-corrected chi connectivity index (χ3v) is 2.92. The Balaban J connectivity index is 2.10. The Morgan fingerprint density at radius 3 is 2.32 bits per heavy atom. The van der Waals surface area contributed by atoms with Gasteiger partial charge in [-0.05, 0) is 37.0 Å². The van der Waals surface area contributed by atoms with Gasteiger partial charge in [-0.15, -0.1) is 0 Å². The summed E-state index contributed by atoms with van der Waals surface area (Å²) < 4.78 is 11.4. The Morgan fingerprint density at radius 1 is 1.05 bits per heavy atom. The van der Waals surface area contributed by atoms with Crippen LogP contribution in [0.1, 0.15) is 39.2 Å². The van der Waals surface area contributed by atoms with Crippen LogP contribution >= 0.6 is 0 Å². The average molecular weight is 265 g/mol. The van der Waals surface area contributed by atoms with Crippen LogP contribution in [0.3, 0.4) is 0 Å². The molecule has 1 rings (SSSR count). The van der Waals surface area contributed by atoms with Gasteiger partial charge in [0.25, 0.3) is 0 Å². The van der Waals surface area contributed by atoms with Crippen LogP contribution in [0.15, 0.2) is 24.3 Å². The van der Waals surface area contributed by atoms with Gasteiger partial charge in [0.2, 0.25) is 0 Å². The molecule has 108 valence electrons. The summed E-state index contributed by atoms with van der Waals surface area (Å²) in [5.41, 5.74) is 6.67. The lowest BCUT2D eigenvalue weighted by Gasteiger charge is -2.15. The Kier molecular flexibility index (Phi) is 7.53. The monoisotopic (exact) mass is 265 g/mol. The molecule has 3 nitrogen and oxygen atoms in total. The molecule has 0 spiro atoms. The molecule has 1 aromatic carbocycles. The lowest BCUT2D eigenvalue weighted by atomic mass is 10.1. The molecule has 2 N–H and O–H groups in total. The third-order valence-electron chi connectivity index (χ3n) is 2.92. The second kappa shape index (κ2) is 8.94. The summed E-state index contributed by atoms with van der Waals surface area (Å²) in [4.78, 5) is 0. The maximum Gasteiger partial charge on any atom is 0.119 e. The molecule has 0 saturated heterocycles. The predicted octanol–water partition coefficient (Wildman–Crippen LogP) is 3.37. The molecular weight excluding hydrogens is 238 g/mol. The highest BCUT2D eigenvalue weighted by molar-refractivity contribution is 5.26. The van der Waals surface area contributed by atoms with E-state index in [0.717, 1.165) is 30.8 Å². The van der Waals surface area contributed by atoms with E-state index in [4.69, 9.17) is 15.2 Å². The first-order valence-electron chi connectivity index (χ1n) is 7.15. The van der Waals surface area contributed by atoms with E-state index in [0.29, 0.717) is 25.2 Å². The Bertz CT molecular complexity index is 335. The lowest BCUT2D eigenvalue weighted by molar-refractivity contribution is 0.0447. The van der Waals surface area contributed by atoms with Crippen molar-refractivity contribution < 1.29 is 9.47 Å². The molecule has 1 unspecified atom stereocenters. The van der Waals surface area contributed by atoms with Gasteiger partial charge >= 0.3 is 0 Å². The van der Waals surface area contributed by atoms with Crippen molar-refractivity contribution in [2.75, 3.05) is 13.2 Å². The van der Waals surface area contributed by atoms with E-state index < -0.39 is 0 Å². The van der Waals surface area contributed by atoms with Gasteiger partial charge in [0, 0.05) is 13.0 Å². The summed E-state index contributed by atoms with van der Waals surface area (Å²) in [6.07, 6.45) is 2.37. The van der Waals surface area contributed by atoms with Crippen molar-refractivity contribution in [1.82, 2.24) is 0 Å². The minimum Gasteiger partial charge on any atom is -0.494 e. The van der Waals surface area contributed by atoms with Crippen LogP contribution < -0.4 is 10.5 Å². The molecule has 0 bridgehead atoms. The molecule has 0 aliphatic rings. The molecule has 0 heterocycles. The summed E-state index contributed by atoms with van der Waals surface area (Å²) in [6.45, 7) is 8.58. The van der Waals surface area contributed by atoms with Gasteiger partial charge in [-0.3, -0.25) is 0 Å². The van der Waals surface area contributed by atoms with Crippen LogP contribution in [0.5, 0.6) is 5.75 Å². The van der Waals surface area contributed by atoms with E-state index in [1.165, 1.54) is 0 Å². The van der Waals surface area contributed by atoms with Crippen molar-refractivity contribution in [3.05, 3.63) is 29.8 Å². The topological polar surface area (TPSA) is 44.5 Å². The summed E-state index contributed by atoms with van der Waals surface area (Å²) in [7, 11) is 0. The smallest absolute Gasteiger partial charge is 0.119 e. The van der Waals surface area contributed by atoms with Crippen molar-refractivity contribution in [1.29, 1.82) is 0 Å². The van der Waals surface area contributed by atoms with Crippen LogP contribution in [-0.2, 0) is 11.3 Å². The third kappa shape index (κ3) is 7.19. The van der Waals surface area contributed by atoms with E-state index in [1.54, 1.807) is 0 Å². The first-order chi connectivity index (χ1) is 9.11. The van der Waals surface area contributed by atoms with E-state index in [-0.39, 0.29) is 0 Å². The molecule has 1 aromatic rings. The zero-order chi connectivity index (χ0) is 14.1. The molecule has 19 heavy (non-hydrogen) atoms. The van der Waals surface area contributed by atoms with E-state index >= 15 is 0 Å². The molecule has 0 amide bonds. The molecule has 0 fully saturated rings. The maximum absolute atomic E-state index is 5.73. The largest absolute Gasteiger partial charge is 0.494 e. The highest BCUT2D eigenvalue weighted by atomic mass is 16.5. The zero-order valence-electron chi connectivity index (χ0n) is 12.4. The summed E-state index contributed by atoms with van der Waals surface area (Å²) in [6, 6.07) is 7.92. The molecular formula is C16H27NO2. The quantitative estimate of drug-likeness (QED) is 0.696. The van der Waals surface area contributed by atoms with Gasteiger partial charge < -0.3 is 15.2 Å². The number of benzene rings is 1. The summed E-state index contributed by atoms with van der Waals surface area (Å²) in [5, 5.41) is 0. The Morgan fingerprint density at radius 2 is 1.74 bits per heavy atom. The van der Waals surface area contributed by atoms with Gasteiger partial charge in [0.15, 0.2) is 0 Å². The van der Waals surface area contributed by atoms with Crippen molar-refractivity contribution in [2.24, 2.45) is 11.7 Å². The van der Waals surface area contributed by atoms with Crippen molar-refractivity contribution in [3.8, 4) is 5.75 Å². The number of ether oxygens (including phenoxy) is 2. The average Bonchev–Trinajstić information content (AvgIpc) is 2.38. The highest BCUT2D eigenvalue weighted by Crippen LogP contribution is 2.12. The normalized spacial score (nSPS) is 12.7. The molecule has 0 radical (unpaired) electrons. The lowest BCUT2D eigenvalue weighted by Crippen LogP contribution is -2.13. The van der Waals surface area contributed by atoms with E-state index in [1.807, 2.05) is 24.3 Å². The SMILES string of the molecule is CC(C)CC(C)OCCCOc1ccc(CN)cc1. The van der Waals surface area contributed by atoms with Gasteiger partial charge in [-0.1, -0.05) is 26.0 Å². The van der Waals surface area contributed by atoms with E-state index in [2.05, 4.69) is 20.8 Å². The van der Waals surface area contributed by atoms with Crippen molar-refractivity contribution >= 4 is 0 Å². The highest BCUT2D eigenvalue weighted by Gasteiger charge is 2.04. The Hall–Kier alpha value is -1.06. The fourth-order valence-corrected chi connectivity index (χ4v) is 1.99. The molecule has 0 aliphatic carbocycles. The minimum atomic E-state index is 0.337. The number of hydrogen-bond donors (Lipinski definition) is 1. The van der Waals surface area contributed by atoms with Crippen LogP contribution in [0.25, 0.3) is 0 Å². The standard InChI is InChI=1S/C16H27NO2/c1-13(2)11-14(3)18-9-4-10-19-16-7-5-15(12-17)6-8-16/h5-8,13-14H,4,9-12,17H2,1-3H3. The summed E-state index contributed by atoms with van der Waals surface area (Å²) in [5.74, 6) is 1.58. The Labute approximate surface area is 117 Å². The van der Waals surface area contributed by atoms with Gasteiger partial charge in [0.05, 0.1) is 19.3 Å². The molecule has 1 atom stereocenters. The minimum absolute atomic E-state index is 0.337. The van der Waals surface area contributed by atoms with Crippen molar-refractivity contribution in [3.63, 3.8) is 0 Å². The zero-order valence-corrected chi connectivity index (χ0v) is 12.4. The first-order valence-corrected chi connectivity index (χ1v) is 7.15. The van der Waals surface area contributed by atoms with Gasteiger partial charge in [-0.25, -0.2) is 0 Å². The summed E-state index contributed by atoms with van der Waals surface area (Å²) >= 11 is 0. The molecule has 0 saturated carbocycles. The maximum atomic E-state index is 5.73. The van der Waals surface area contributed by atoms with Crippen LogP contribution in [0.2, 0.25) is 0 Å². The van der Waals surface area contributed by atoms with E-state index in [9.17, 15) is 0 Å². The van der Waals surface area contributed by atoms with Gasteiger partial charge in [-0.2, -0.15) is 0 Å². The molecule has 0 aliphatic heterocycles. The number of hydrogen-bond acceptors (Lipinski definition) is 3. The van der Waals surface area contributed by atoms with Crippen molar-refractivity contribution in [2.45, 2.75) is 46.3 Å². The molecule has 0 aromatic heterocycles. The van der Waals surface area contributed by atoms with Gasteiger partial charge in [0.1, 0.15) is 5.75 Å². The van der Waals surface area contributed by atoms with Crippen LogP contribution in [0.4, 0.5) is 0 Å². The predicted molar refractivity (Wildman–Crippen MR) is 79.3 cm³/mol.